The van der Waals surface area contributed by atoms with Gasteiger partial charge >= 0.3 is 23.9 Å². The van der Waals surface area contributed by atoms with Crippen molar-refractivity contribution in [3.63, 3.8) is 0 Å². The quantitative estimate of drug-likeness (QED) is 0.235. The maximum Gasteiger partial charge on any atom is 0.303 e. The number of anilines is 1. The molecule has 0 aliphatic carbocycles. The zero-order valence-electron chi connectivity index (χ0n) is 23.0. The Hall–Kier alpha value is -4.06. The van der Waals surface area contributed by atoms with Crippen molar-refractivity contribution < 1.29 is 52.5 Å². The molecule has 2 aliphatic heterocycles. The van der Waals surface area contributed by atoms with Gasteiger partial charge < -0.3 is 28.6 Å². The Morgan fingerprint density at radius 3 is 2.00 bits per heavy atom. The van der Waals surface area contributed by atoms with Crippen molar-refractivity contribution in [2.45, 2.75) is 78.0 Å². The van der Waals surface area contributed by atoms with Crippen LogP contribution in [0, 0.1) is 0 Å². The molecule has 3 rings (SSSR count). The molecule has 0 N–H and O–H groups in total. The number of ether oxygens (including phenoxy) is 5. The van der Waals surface area contributed by atoms with Crippen LogP contribution in [0.15, 0.2) is 30.3 Å². The van der Waals surface area contributed by atoms with Crippen molar-refractivity contribution in [2.24, 2.45) is 0 Å². The average Bonchev–Trinajstić information content (AvgIpc) is 3.12. The van der Waals surface area contributed by atoms with Gasteiger partial charge in [-0.15, -0.1) is 0 Å². The van der Waals surface area contributed by atoms with Crippen molar-refractivity contribution in [1.82, 2.24) is 0 Å². The van der Waals surface area contributed by atoms with Gasteiger partial charge in [0, 0.05) is 46.2 Å². The minimum atomic E-state index is -1.38. The summed E-state index contributed by atoms with van der Waals surface area (Å²) in [5, 5.41) is 0. The zero-order chi connectivity index (χ0) is 29.6. The number of carbonyl (C=O) groups excluding carboxylic acids is 6. The maximum absolute atomic E-state index is 13.3. The zero-order valence-corrected chi connectivity index (χ0v) is 23.0. The number of ketones is 1. The molecule has 1 aromatic rings. The number of nitrogens with zero attached hydrogens (tertiary/aromatic N) is 1. The summed E-state index contributed by atoms with van der Waals surface area (Å²) in [7, 11) is 0. The molecular weight excluding hydrogens is 526 g/mol. The van der Waals surface area contributed by atoms with Crippen LogP contribution in [0.2, 0.25) is 0 Å². The van der Waals surface area contributed by atoms with Gasteiger partial charge in [0.1, 0.15) is 18.8 Å². The molecule has 2 heterocycles. The molecule has 1 saturated heterocycles. The molecule has 0 spiro atoms. The van der Waals surface area contributed by atoms with E-state index in [9.17, 15) is 28.8 Å². The summed E-state index contributed by atoms with van der Waals surface area (Å²) >= 11 is 0. The summed E-state index contributed by atoms with van der Waals surface area (Å²) in [6.45, 7) is 6.53. The predicted molar refractivity (Wildman–Crippen MR) is 139 cm³/mol. The van der Waals surface area contributed by atoms with Gasteiger partial charge in [-0.25, -0.2) is 0 Å². The summed E-state index contributed by atoms with van der Waals surface area (Å²) < 4.78 is 27.2. The predicted octanol–water partition coefficient (Wildman–Crippen LogP) is 1.91. The molecule has 0 unspecified atom stereocenters. The van der Waals surface area contributed by atoms with Crippen LogP contribution >= 0.6 is 0 Å². The van der Waals surface area contributed by atoms with Crippen LogP contribution in [-0.2, 0) is 52.5 Å². The third-order valence-electron chi connectivity index (χ3n) is 6.20. The molecule has 1 aromatic carbocycles. The highest BCUT2D eigenvalue weighted by Gasteiger charge is 2.52. The van der Waals surface area contributed by atoms with E-state index in [2.05, 4.69) is 0 Å². The maximum atomic E-state index is 13.3. The van der Waals surface area contributed by atoms with Crippen LogP contribution in [0.3, 0.4) is 0 Å². The minimum absolute atomic E-state index is 0.208. The van der Waals surface area contributed by atoms with Gasteiger partial charge in [0.15, 0.2) is 24.1 Å². The normalized spacial score (nSPS) is 24.7. The van der Waals surface area contributed by atoms with E-state index in [1.807, 2.05) is 6.92 Å². The highest BCUT2D eigenvalue weighted by Crippen LogP contribution is 2.37. The first kappa shape index (κ1) is 30.5. The van der Waals surface area contributed by atoms with Crippen LogP contribution in [0.1, 0.15) is 53.0 Å². The molecule has 1 amide bonds. The van der Waals surface area contributed by atoms with Crippen LogP contribution in [0.4, 0.5) is 5.69 Å². The molecule has 0 radical (unpaired) electrons. The molecule has 0 aromatic heterocycles. The SMILES string of the molecule is CCCN1C(=O)/C(=C\C(=O)C[C@@H]2O[C@H](COC(C)=O)[C@@H](OC(C)=O)[C@H](OC(C)=O)[C@H]2OC(C)=O)c2ccccc21. The van der Waals surface area contributed by atoms with Gasteiger partial charge in [-0.2, -0.15) is 0 Å². The monoisotopic (exact) mass is 559 g/mol. The van der Waals surface area contributed by atoms with Crippen LogP contribution in [-0.4, -0.2) is 79.2 Å². The molecule has 2 aliphatic rings. The summed E-state index contributed by atoms with van der Waals surface area (Å²) in [6, 6.07) is 7.11. The third kappa shape index (κ3) is 7.32. The highest BCUT2D eigenvalue weighted by molar-refractivity contribution is 6.35. The van der Waals surface area contributed by atoms with Gasteiger partial charge in [0.05, 0.1) is 11.3 Å². The second-order valence-corrected chi connectivity index (χ2v) is 9.44. The lowest BCUT2D eigenvalue weighted by molar-refractivity contribution is -0.252. The fourth-order valence-electron chi connectivity index (χ4n) is 4.79. The van der Waals surface area contributed by atoms with E-state index in [0.717, 1.165) is 20.8 Å². The second-order valence-electron chi connectivity index (χ2n) is 9.44. The molecule has 0 bridgehead atoms. The number of fused-ring (bicyclic) bond motifs is 1. The number of hydrogen-bond acceptors (Lipinski definition) is 11. The number of amides is 1. The Balaban J connectivity index is 1.97. The van der Waals surface area contributed by atoms with Gasteiger partial charge in [-0.1, -0.05) is 25.1 Å². The van der Waals surface area contributed by atoms with E-state index in [1.165, 1.54) is 13.0 Å². The summed E-state index contributed by atoms with van der Waals surface area (Å²) in [6.07, 6.45) is -4.89. The Kier molecular flexibility index (Phi) is 10.2. The first-order valence-corrected chi connectivity index (χ1v) is 12.9. The lowest BCUT2D eigenvalue weighted by Gasteiger charge is -2.44. The Morgan fingerprint density at radius 2 is 1.43 bits per heavy atom. The van der Waals surface area contributed by atoms with E-state index in [-0.39, 0.29) is 11.5 Å². The van der Waals surface area contributed by atoms with E-state index in [1.54, 1.807) is 29.2 Å². The van der Waals surface area contributed by atoms with Gasteiger partial charge in [0.2, 0.25) is 0 Å². The molecule has 0 saturated carbocycles. The lowest BCUT2D eigenvalue weighted by atomic mass is 9.91. The van der Waals surface area contributed by atoms with Gasteiger partial charge in [-0.3, -0.25) is 28.8 Å². The molecule has 12 heteroatoms. The molecular formula is C28H33NO11. The van der Waals surface area contributed by atoms with Crippen LogP contribution in [0.5, 0.6) is 0 Å². The lowest BCUT2D eigenvalue weighted by Crippen LogP contribution is -2.62. The molecule has 216 valence electrons. The second kappa shape index (κ2) is 13.3. The van der Waals surface area contributed by atoms with Crippen molar-refractivity contribution in [2.75, 3.05) is 18.1 Å². The topological polar surface area (TPSA) is 152 Å². The fourth-order valence-corrected chi connectivity index (χ4v) is 4.79. The van der Waals surface area contributed by atoms with E-state index in [4.69, 9.17) is 23.7 Å². The van der Waals surface area contributed by atoms with Crippen molar-refractivity contribution in [3.8, 4) is 0 Å². The highest BCUT2D eigenvalue weighted by atomic mass is 16.7. The smallest absolute Gasteiger partial charge is 0.303 e. The Labute approximate surface area is 231 Å². The number of benzene rings is 1. The first-order valence-electron chi connectivity index (χ1n) is 12.9. The summed E-state index contributed by atoms with van der Waals surface area (Å²) in [5.74, 6) is -3.80. The number of allylic oxidation sites excluding steroid dienone is 1. The number of rotatable bonds is 10. The molecule has 1 fully saturated rings. The Morgan fingerprint density at radius 1 is 0.850 bits per heavy atom. The molecule has 12 nitrogen and oxygen atoms in total. The Bertz CT molecular complexity index is 1210. The van der Waals surface area contributed by atoms with Gasteiger partial charge in [0.25, 0.3) is 5.91 Å². The largest absolute Gasteiger partial charge is 0.463 e. The van der Waals surface area contributed by atoms with Crippen molar-refractivity contribution in [1.29, 1.82) is 0 Å². The average molecular weight is 560 g/mol. The van der Waals surface area contributed by atoms with E-state index in [0.29, 0.717) is 24.2 Å². The van der Waals surface area contributed by atoms with Crippen LogP contribution < -0.4 is 4.90 Å². The third-order valence-corrected chi connectivity index (χ3v) is 6.20. The standard InChI is InChI=1S/C28H33NO11/c1-6-11-29-22-10-8-7-9-20(22)21(28(29)35)12-19(34)13-23-25(37-16(3)31)27(39-18(5)33)26(38-17(4)32)24(40-23)14-36-15(2)30/h7-10,12,23-27H,6,11,13-14H2,1-5H3/b21-12-/t23-,24+,25-,26+,27+/m0/s1. The number of hydrogen-bond donors (Lipinski definition) is 0. The van der Waals surface area contributed by atoms with E-state index >= 15 is 0 Å². The summed E-state index contributed by atoms with van der Waals surface area (Å²) in [4.78, 5) is 75.5. The molecule has 40 heavy (non-hydrogen) atoms. The van der Waals surface area contributed by atoms with Crippen molar-refractivity contribution >= 4 is 46.8 Å². The van der Waals surface area contributed by atoms with Crippen LogP contribution in [0.25, 0.3) is 5.57 Å². The minimum Gasteiger partial charge on any atom is -0.463 e. The molecule has 5 atom stereocenters. The summed E-state index contributed by atoms with van der Waals surface area (Å²) in [5.41, 5.74) is 1.51. The van der Waals surface area contributed by atoms with Gasteiger partial charge in [-0.05, 0) is 18.6 Å². The first-order chi connectivity index (χ1) is 18.9. The number of esters is 4. The fraction of sp³-hybridized carbons (Fsp3) is 0.500. The number of para-hydroxylation sites is 1. The number of carbonyl (C=O) groups is 6. The van der Waals surface area contributed by atoms with E-state index < -0.39 is 73.2 Å². The van der Waals surface area contributed by atoms with Crippen molar-refractivity contribution in [3.05, 3.63) is 35.9 Å².